The number of anilines is 1. The molecule has 1 fully saturated rings. The number of hydrogen-bond donors (Lipinski definition) is 1. The third-order valence-corrected chi connectivity index (χ3v) is 3.63. The van der Waals surface area contributed by atoms with E-state index in [-0.39, 0.29) is 5.56 Å². The number of nitrogens with zero attached hydrogens (tertiary/aromatic N) is 2. The van der Waals surface area contributed by atoms with E-state index in [1.54, 1.807) is 13.2 Å². The molecule has 1 heterocycles. The van der Waals surface area contributed by atoms with Crippen molar-refractivity contribution < 1.29 is 0 Å². The molecule has 1 atom stereocenters. The Morgan fingerprint density at radius 2 is 2.38 bits per heavy atom. The largest absolute Gasteiger partial charge is 0.380 e. The normalized spacial score (nSPS) is 17.2. The molecule has 0 radical (unpaired) electrons. The zero-order chi connectivity index (χ0) is 11.7. The van der Waals surface area contributed by atoms with E-state index >= 15 is 0 Å². The minimum absolute atomic E-state index is 0.108. The van der Waals surface area contributed by atoms with Crippen molar-refractivity contribution in [2.24, 2.45) is 13.0 Å². The number of hydrogen-bond acceptors (Lipinski definition) is 3. The van der Waals surface area contributed by atoms with Gasteiger partial charge < -0.3 is 5.32 Å². The maximum atomic E-state index is 11.6. The summed E-state index contributed by atoms with van der Waals surface area (Å²) in [4.78, 5) is 11.6. The summed E-state index contributed by atoms with van der Waals surface area (Å²) in [6, 6.07) is 0.387. The van der Waals surface area contributed by atoms with Gasteiger partial charge in [-0.15, -0.1) is 0 Å². The van der Waals surface area contributed by atoms with Crippen LogP contribution in [0.4, 0.5) is 5.69 Å². The highest BCUT2D eigenvalue weighted by atomic mass is 79.9. The molecule has 0 spiro atoms. The molecule has 0 bridgehead atoms. The molecule has 1 aromatic rings. The number of nitrogens with one attached hydrogen (secondary N) is 1. The summed E-state index contributed by atoms with van der Waals surface area (Å²) < 4.78 is 1.88. The van der Waals surface area contributed by atoms with Crippen molar-refractivity contribution in [3.63, 3.8) is 0 Å². The third-order valence-electron chi connectivity index (χ3n) is 2.86. The molecule has 2 rings (SSSR count). The summed E-state index contributed by atoms with van der Waals surface area (Å²) in [6.07, 6.45) is 5.56. The standard InChI is InChI=1S/C11H16BrN3O/c1-7(5-8-3-4-8)14-9-6-13-15(2)11(16)10(9)12/h6-8,14H,3-5H2,1-2H3. The van der Waals surface area contributed by atoms with Gasteiger partial charge in [0.05, 0.1) is 11.9 Å². The molecule has 1 unspecified atom stereocenters. The van der Waals surface area contributed by atoms with Crippen LogP contribution in [0.3, 0.4) is 0 Å². The van der Waals surface area contributed by atoms with E-state index in [4.69, 9.17) is 0 Å². The van der Waals surface area contributed by atoms with Crippen molar-refractivity contribution in [3.8, 4) is 0 Å². The second-order valence-electron chi connectivity index (χ2n) is 4.53. The molecule has 0 saturated heterocycles. The lowest BCUT2D eigenvalue weighted by Crippen LogP contribution is -2.24. The Bertz CT molecular complexity index is 439. The lowest BCUT2D eigenvalue weighted by atomic mass is 10.1. The van der Waals surface area contributed by atoms with Crippen LogP contribution >= 0.6 is 15.9 Å². The molecule has 88 valence electrons. The zero-order valence-corrected chi connectivity index (χ0v) is 11.1. The van der Waals surface area contributed by atoms with Crippen LogP contribution in [0.1, 0.15) is 26.2 Å². The van der Waals surface area contributed by atoms with E-state index < -0.39 is 0 Å². The van der Waals surface area contributed by atoms with Crippen LogP contribution in [0.2, 0.25) is 0 Å². The van der Waals surface area contributed by atoms with Crippen LogP contribution in [0.15, 0.2) is 15.5 Å². The number of rotatable bonds is 4. The van der Waals surface area contributed by atoms with Crippen molar-refractivity contribution in [2.75, 3.05) is 5.32 Å². The van der Waals surface area contributed by atoms with Gasteiger partial charge in [0.15, 0.2) is 0 Å². The first-order valence-electron chi connectivity index (χ1n) is 5.56. The first kappa shape index (κ1) is 11.6. The maximum Gasteiger partial charge on any atom is 0.282 e. The number of aromatic nitrogens is 2. The van der Waals surface area contributed by atoms with E-state index in [9.17, 15) is 4.79 Å². The van der Waals surface area contributed by atoms with E-state index in [1.807, 2.05) is 0 Å². The molecule has 0 amide bonds. The Hall–Kier alpha value is -0.840. The first-order valence-corrected chi connectivity index (χ1v) is 6.35. The van der Waals surface area contributed by atoms with Crippen molar-refractivity contribution in [1.82, 2.24) is 9.78 Å². The lowest BCUT2D eigenvalue weighted by molar-refractivity contribution is 0.638. The van der Waals surface area contributed by atoms with Crippen LogP contribution in [0.25, 0.3) is 0 Å². The molecule has 16 heavy (non-hydrogen) atoms. The average molecular weight is 286 g/mol. The minimum Gasteiger partial charge on any atom is -0.380 e. The van der Waals surface area contributed by atoms with Gasteiger partial charge >= 0.3 is 0 Å². The molecule has 1 aromatic heterocycles. The Kier molecular flexibility index (Phi) is 3.33. The summed E-state index contributed by atoms with van der Waals surface area (Å²) >= 11 is 3.31. The van der Waals surface area contributed by atoms with Crippen molar-refractivity contribution >= 4 is 21.6 Å². The van der Waals surface area contributed by atoms with Gasteiger partial charge in [-0.3, -0.25) is 4.79 Å². The van der Waals surface area contributed by atoms with Crippen LogP contribution < -0.4 is 10.9 Å². The van der Waals surface area contributed by atoms with Gasteiger partial charge in [0.1, 0.15) is 4.47 Å². The van der Waals surface area contributed by atoms with E-state index in [0.29, 0.717) is 10.5 Å². The van der Waals surface area contributed by atoms with E-state index in [1.165, 1.54) is 23.9 Å². The fraction of sp³-hybridized carbons (Fsp3) is 0.636. The van der Waals surface area contributed by atoms with Crippen molar-refractivity contribution in [2.45, 2.75) is 32.2 Å². The Morgan fingerprint density at radius 1 is 1.69 bits per heavy atom. The van der Waals surface area contributed by atoms with Crippen LogP contribution in [-0.2, 0) is 7.05 Å². The third kappa shape index (κ3) is 2.64. The fourth-order valence-corrected chi connectivity index (χ4v) is 2.26. The van der Waals surface area contributed by atoms with Gasteiger partial charge in [-0.25, -0.2) is 4.68 Å². The highest BCUT2D eigenvalue weighted by molar-refractivity contribution is 9.10. The topological polar surface area (TPSA) is 46.9 Å². The summed E-state index contributed by atoms with van der Waals surface area (Å²) in [5.74, 6) is 0.876. The second-order valence-corrected chi connectivity index (χ2v) is 5.32. The fourth-order valence-electron chi connectivity index (χ4n) is 1.79. The molecule has 0 aliphatic heterocycles. The van der Waals surface area contributed by atoms with E-state index in [2.05, 4.69) is 33.3 Å². The van der Waals surface area contributed by atoms with Crippen LogP contribution in [0, 0.1) is 5.92 Å². The highest BCUT2D eigenvalue weighted by Gasteiger charge is 2.23. The van der Waals surface area contributed by atoms with Crippen molar-refractivity contribution in [3.05, 3.63) is 21.0 Å². The Labute approximate surface area is 103 Å². The predicted octanol–water partition coefficient (Wildman–Crippen LogP) is 2.14. The predicted molar refractivity (Wildman–Crippen MR) is 67.6 cm³/mol. The SMILES string of the molecule is CC(CC1CC1)Nc1cnn(C)c(=O)c1Br. The molecule has 4 nitrogen and oxygen atoms in total. The van der Waals surface area contributed by atoms with Gasteiger partial charge in [-0.05, 0) is 35.2 Å². The summed E-state index contributed by atoms with van der Waals surface area (Å²) in [5.41, 5.74) is 0.680. The van der Waals surface area contributed by atoms with Gasteiger partial charge in [-0.2, -0.15) is 5.10 Å². The Balaban J connectivity index is 2.08. The summed E-state index contributed by atoms with van der Waals surface area (Å²) in [6.45, 7) is 2.14. The number of aryl methyl sites for hydroxylation is 1. The van der Waals surface area contributed by atoms with Crippen LogP contribution in [0.5, 0.6) is 0 Å². The molecule has 1 saturated carbocycles. The summed E-state index contributed by atoms with van der Waals surface area (Å²) in [7, 11) is 1.64. The molecule has 1 N–H and O–H groups in total. The first-order chi connectivity index (χ1) is 7.58. The average Bonchev–Trinajstić information content (AvgIpc) is 3.03. The quantitative estimate of drug-likeness (QED) is 0.922. The molecule has 1 aliphatic carbocycles. The monoisotopic (exact) mass is 285 g/mol. The molecular formula is C11H16BrN3O. The van der Waals surface area contributed by atoms with Gasteiger partial charge in [0.25, 0.3) is 5.56 Å². The Morgan fingerprint density at radius 3 is 3.00 bits per heavy atom. The zero-order valence-electron chi connectivity index (χ0n) is 9.53. The second kappa shape index (κ2) is 4.57. The minimum atomic E-state index is -0.108. The highest BCUT2D eigenvalue weighted by Crippen LogP contribution is 2.34. The van der Waals surface area contributed by atoms with Crippen molar-refractivity contribution in [1.29, 1.82) is 0 Å². The molecule has 1 aliphatic rings. The molecule has 0 aromatic carbocycles. The van der Waals surface area contributed by atoms with Gasteiger partial charge in [0.2, 0.25) is 0 Å². The maximum absolute atomic E-state index is 11.6. The van der Waals surface area contributed by atoms with Gasteiger partial charge in [-0.1, -0.05) is 12.8 Å². The smallest absolute Gasteiger partial charge is 0.282 e. The summed E-state index contributed by atoms with van der Waals surface area (Å²) in [5, 5.41) is 7.33. The van der Waals surface area contributed by atoms with Gasteiger partial charge in [0, 0.05) is 13.1 Å². The van der Waals surface area contributed by atoms with Crippen LogP contribution in [-0.4, -0.2) is 15.8 Å². The number of halogens is 1. The van der Waals surface area contributed by atoms with E-state index in [0.717, 1.165) is 11.6 Å². The molecule has 5 heteroatoms. The lowest BCUT2D eigenvalue weighted by Gasteiger charge is -2.15. The molecular weight excluding hydrogens is 270 g/mol.